The Morgan fingerprint density at radius 1 is 0.759 bits per heavy atom. The van der Waals surface area contributed by atoms with Gasteiger partial charge < -0.3 is 20.6 Å². The molecule has 4 N–H and O–H groups in total. The van der Waals surface area contributed by atoms with Crippen molar-refractivity contribution in [1.29, 1.82) is 0 Å². The van der Waals surface area contributed by atoms with Crippen LogP contribution in [0.25, 0.3) is 0 Å². The van der Waals surface area contributed by atoms with E-state index in [9.17, 15) is 15.3 Å². The molecule has 0 aliphatic carbocycles. The summed E-state index contributed by atoms with van der Waals surface area (Å²) in [6.45, 7) is 2.50. The van der Waals surface area contributed by atoms with Crippen LogP contribution in [0.4, 0.5) is 0 Å². The maximum atomic E-state index is 10.4. The van der Waals surface area contributed by atoms with Gasteiger partial charge in [0.05, 0.1) is 12.7 Å². The highest BCUT2D eigenvalue weighted by molar-refractivity contribution is 5.14. The number of aliphatic hydroxyl groups excluding tert-OH is 3. The molecular weight excluding hydrogens is 362 g/mol. The van der Waals surface area contributed by atoms with Crippen LogP contribution in [0.15, 0.2) is 30.3 Å². The minimum Gasteiger partial charge on any atom is -0.394 e. The predicted molar refractivity (Wildman–Crippen MR) is 122 cm³/mol. The van der Waals surface area contributed by atoms with Crippen LogP contribution >= 0.6 is 0 Å². The van der Waals surface area contributed by atoms with Crippen molar-refractivity contribution in [2.24, 2.45) is 0 Å². The minimum atomic E-state index is -1.10. The highest BCUT2D eigenvalue weighted by Crippen LogP contribution is 2.15. The number of nitrogens with one attached hydrogen (secondary N) is 1. The van der Waals surface area contributed by atoms with Crippen molar-refractivity contribution in [2.75, 3.05) is 6.61 Å². The van der Waals surface area contributed by atoms with Crippen molar-refractivity contribution < 1.29 is 15.3 Å². The molecule has 0 aliphatic rings. The van der Waals surface area contributed by atoms with Crippen molar-refractivity contribution in [2.45, 2.75) is 115 Å². The third-order valence-electron chi connectivity index (χ3n) is 5.77. The van der Waals surface area contributed by atoms with Crippen molar-refractivity contribution in [3.05, 3.63) is 35.9 Å². The van der Waals surface area contributed by atoms with Crippen molar-refractivity contribution in [1.82, 2.24) is 5.32 Å². The number of aliphatic hydroxyl groups is 3. The van der Waals surface area contributed by atoms with E-state index in [0.29, 0.717) is 6.54 Å². The van der Waals surface area contributed by atoms with Gasteiger partial charge in [0.15, 0.2) is 0 Å². The molecule has 1 aromatic carbocycles. The molecule has 0 spiro atoms. The summed E-state index contributed by atoms with van der Waals surface area (Å²) in [6.07, 6.45) is 14.4. The van der Waals surface area contributed by atoms with Gasteiger partial charge in [-0.25, -0.2) is 0 Å². The van der Waals surface area contributed by atoms with Gasteiger partial charge in [0.2, 0.25) is 0 Å². The number of hydrogen-bond donors (Lipinski definition) is 4. The predicted octanol–water partition coefficient (Wildman–Crippen LogP) is 4.95. The van der Waals surface area contributed by atoms with Crippen molar-refractivity contribution in [3.8, 4) is 0 Å². The van der Waals surface area contributed by atoms with Crippen LogP contribution in [0, 0.1) is 0 Å². The first kappa shape index (κ1) is 26.1. The van der Waals surface area contributed by atoms with E-state index in [1.165, 1.54) is 64.2 Å². The Balaban J connectivity index is 2.16. The molecule has 0 aliphatic heterocycles. The van der Waals surface area contributed by atoms with Crippen LogP contribution in [0.2, 0.25) is 0 Å². The van der Waals surface area contributed by atoms with Gasteiger partial charge >= 0.3 is 0 Å². The first-order valence-electron chi connectivity index (χ1n) is 11.9. The maximum Gasteiger partial charge on any atom is 0.104 e. The highest BCUT2D eigenvalue weighted by Gasteiger charge is 2.25. The monoisotopic (exact) mass is 407 g/mol. The standard InChI is InChI=1S/C25H45NO3/c1-2-3-4-5-6-7-8-9-10-11-12-16-19-23(25(29)24(28)21-27)26-20-22-17-14-13-15-18-22/h13-15,17-18,23-29H,2-12,16,19-21H2,1H3/t23-,24+,25+/m1/s1. The van der Waals surface area contributed by atoms with Gasteiger partial charge in [-0.3, -0.25) is 0 Å². The summed E-state index contributed by atoms with van der Waals surface area (Å²) < 4.78 is 0. The lowest BCUT2D eigenvalue weighted by Crippen LogP contribution is -2.47. The maximum absolute atomic E-state index is 10.4. The van der Waals surface area contributed by atoms with E-state index in [2.05, 4.69) is 12.2 Å². The summed E-state index contributed by atoms with van der Waals surface area (Å²) in [7, 11) is 0. The van der Waals surface area contributed by atoms with Crippen LogP contribution in [0.3, 0.4) is 0 Å². The average Bonchev–Trinajstić information content (AvgIpc) is 2.76. The van der Waals surface area contributed by atoms with Gasteiger partial charge in [-0.05, 0) is 12.0 Å². The molecule has 0 amide bonds. The Bertz CT molecular complexity index is 468. The zero-order valence-electron chi connectivity index (χ0n) is 18.6. The third-order valence-corrected chi connectivity index (χ3v) is 5.77. The second-order valence-electron chi connectivity index (χ2n) is 8.39. The molecule has 3 atom stereocenters. The van der Waals surface area contributed by atoms with Gasteiger partial charge in [-0.15, -0.1) is 0 Å². The SMILES string of the molecule is CCCCCCCCCCCCCC[C@@H](NCc1ccccc1)[C@H](O)[C@@H](O)CO. The summed E-state index contributed by atoms with van der Waals surface area (Å²) in [5, 5.41) is 32.7. The Morgan fingerprint density at radius 3 is 1.79 bits per heavy atom. The van der Waals surface area contributed by atoms with E-state index in [1.54, 1.807) is 0 Å². The quantitative estimate of drug-likeness (QED) is 0.245. The van der Waals surface area contributed by atoms with Crippen LogP contribution in [-0.2, 0) is 6.54 Å². The Kier molecular flexibility index (Phi) is 16.1. The second kappa shape index (κ2) is 17.9. The van der Waals surface area contributed by atoms with E-state index in [-0.39, 0.29) is 6.04 Å². The second-order valence-corrected chi connectivity index (χ2v) is 8.39. The molecule has 1 rings (SSSR count). The summed E-state index contributed by atoms with van der Waals surface area (Å²) in [5.74, 6) is 0. The molecule has 0 bridgehead atoms. The van der Waals surface area contributed by atoms with Crippen molar-refractivity contribution >= 4 is 0 Å². The molecule has 0 saturated carbocycles. The summed E-state index contributed by atoms with van der Waals surface area (Å²) in [6, 6.07) is 9.86. The van der Waals surface area contributed by atoms with Crippen LogP contribution in [0.1, 0.15) is 96.0 Å². The van der Waals surface area contributed by atoms with Gasteiger partial charge in [0.25, 0.3) is 0 Å². The first-order chi connectivity index (χ1) is 14.2. The molecule has 1 aromatic rings. The number of benzene rings is 1. The van der Waals surface area contributed by atoms with E-state index in [0.717, 1.165) is 24.8 Å². The van der Waals surface area contributed by atoms with E-state index < -0.39 is 18.8 Å². The lowest BCUT2D eigenvalue weighted by Gasteiger charge is -2.27. The van der Waals surface area contributed by atoms with E-state index in [1.807, 2.05) is 30.3 Å². The lowest BCUT2D eigenvalue weighted by atomic mass is 9.98. The molecule has 0 fully saturated rings. The topological polar surface area (TPSA) is 72.7 Å². The molecule has 0 aromatic heterocycles. The molecular formula is C25H45NO3. The minimum absolute atomic E-state index is 0.208. The smallest absolute Gasteiger partial charge is 0.104 e. The fraction of sp³-hybridized carbons (Fsp3) is 0.760. The molecule has 0 radical (unpaired) electrons. The van der Waals surface area contributed by atoms with Crippen LogP contribution in [0.5, 0.6) is 0 Å². The first-order valence-corrected chi connectivity index (χ1v) is 11.9. The summed E-state index contributed by atoms with van der Waals surface area (Å²) >= 11 is 0. The van der Waals surface area contributed by atoms with Gasteiger partial charge in [0.1, 0.15) is 6.10 Å². The molecule has 0 heterocycles. The summed E-state index contributed by atoms with van der Waals surface area (Å²) in [4.78, 5) is 0. The molecule has 4 nitrogen and oxygen atoms in total. The fourth-order valence-electron chi connectivity index (χ4n) is 3.82. The zero-order valence-corrected chi connectivity index (χ0v) is 18.6. The summed E-state index contributed by atoms with van der Waals surface area (Å²) in [5.41, 5.74) is 1.15. The van der Waals surface area contributed by atoms with Gasteiger partial charge in [-0.2, -0.15) is 0 Å². The van der Waals surface area contributed by atoms with Gasteiger partial charge in [-0.1, -0.05) is 114 Å². The van der Waals surface area contributed by atoms with Crippen LogP contribution < -0.4 is 5.32 Å². The Labute approximate surface area is 178 Å². The molecule has 0 unspecified atom stereocenters. The zero-order chi connectivity index (χ0) is 21.2. The Morgan fingerprint density at radius 2 is 1.28 bits per heavy atom. The third kappa shape index (κ3) is 13.1. The average molecular weight is 408 g/mol. The van der Waals surface area contributed by atoms with Crippen molar-refractivity contribution in [3.63, 3.8) is 0 Å². The number of rotatable bonds is 19. The van der Waals surface area contributed by atoms with Crippen LogP contribution in [-0.4, -0.2) is 40.2 Å². The van der Waals surface area contributed by atoms with Gasteiger partial charge in [0, 0.05) is 12.6 Å². The fourth-order valence-corrected chi connectivity index (χ4v) is 3.82. The largest absolute Gasteiger partial charge is 0.394 e. The normalized spacial score (nSPS) is 14.6. The Hall–Kier alpha value is -0.940. The van der Waals surface area contributed by atoms with E-state index >= 15 is 0 Å². The molecule has 29 heavy (non-hydrogen) atoms. The number of hydrogen-bond acceptors (Lipinski definition) is 4. The number of unbranched alkanes of at least 4 members (excludes halogenated alkanes) is 11. The lowest BCUT2D eigenvalue weighted by molar-refractivity contribution is -0.0340. The highest BCUT2D eigenvalue weighted by atomic mass is 16.4. The molecule has 168 valence electrons. The van der Waals surface area contributed by atoms with E-state index in [4.69, 9.17) is 0 Å². The molecule has 4 heteroatoms. The molecule has 0 saturated heterocycles.